The fraction of sp³-hybridized carbons (Fsp3) is 0.417. The monoisotopic (exact) mass is 315 g/mol. The van der Waals surface area contributed by atoms with Crippen LogP contribution in [0.25, 0.3) is 0 Å². The average Bonchev–Trinajstić information content (AvgIpc) is 2.99. The molecule has 0 spiro atoms. The summed E-state index contributed by atoms with van der Waals surface area (Å²) in [6.45, 7) is 2.04. The van der Waals surface area contributed by atoms with Gasteiger partial charge in [0, 0.05) is 16.7 Å². The smallest absolute Gasteiger partial charge is 0.254 e. The number of amides is 1. The molecule has 80 valence electrons. The Kier molecular flexibility index (Phi) is 3.00. The van der Waals surface area contributed by atoms with Gasteiger partial charge in [-0.25, -0.2) is 0 Å². The summed E-state index contributed by atoms with van der Waals surface area (Å²) in [5.74, 6) is 0.155. The van der Waals surface area contributed by atoms with Gasteiger partial charge in [-0.1, -0.05) is 11.6 Å². The molecule has 0 unspecified atom stereocenters. The van der Waals surface area contributed by atoms with Crippen LogP contribution in [-0.4, -0.2) is 23.9 Å². The lowest BCUT2D eigenvalue weighted by Crippen LogP contribution is -2.29. The number of hydrogen-bond donors (Lipinski definition) is 0. The van der Waals surface area contributed by atoms with Crippen molar-refractivity contribution in [1.29, 1.82) is 0 Å². The molecular formula is C12H14INO. The summed E-state index contributed by atoms with van der Waals surface area (Å²) >= 11 is 2.23. The largest absolute Gasteiger partial charge is 0.339 e. The third kappa shape index (κ3) is 2.33. The Balaban J connectivity index is 2.24. The highest BCUT2D eigenvalue weighted by atomic mass is 127. The predicted molar refractivity (Wildman–Crippen MR) is 69.0 cm³/mol. The normalized spacial score (nSPS) is 15.1. The van der Waals surface area contributed by atoms with Gasteiger partial charge < -0.3 is 4.90 Å². The Hall–Kier alpha value is -0.580. The van der Waals surface area contributed by atoms with Crippen LogP contribution in [0.15, 0.2) is 18.2 Å². The van der Waals surface area contributed by atoms with Crippen LogP contribution in [-0.2, 0) is 0 Å². The molecule has 0 aromatic heterocycles. The van der Waals surface area contributed by atoms with Crippen molar-refractivity contribution in [2.75, 3.05) is 7.05 Å². The molecule has 0 bridgehead atoms. The minimum absolute atomic E-state index is 0.155. The van der Waals surface area contributed by atoms with Crippen molar-refractivity contribution in [1.82, 2.24) is 4.90 Å². The maximum Gasteiger partial charge on any atom is 0.254 e. The zero-order chi connectivity index (χ0) is 11.0. The zero-order valence-corrected chi connectivity index (χ0v) is 11.1. The van der Waals surface area contributed by atoms with E-state index in [1.165, 1.54) is 5.56 Å². The molecule has 1 aromatic carbocycles. The number of carbonyl (C=O) groups excluding carboxylic acids is 1. The quantitative estimate of drug-likeness (QED) is 0.769. The molecule has 0 saturated heterocycles. The second kappa shape index (κ2) is 4.12. The molecule has 2 rings (SSSR count). The van der Waals surface area contributed by atoms with E-state index in [0.717, 1.165) is 22.0 Å². The van der Waals surface area contributed by atoms with Crippen LogP contribution >= 0.6 is 22.6 Å². The van der Waals surface area contributed by atoms with E-state index in [1.807, 2.05) is 31.0 Å². The van der Waals surface area contributed by atoms with Crippen molar-refractivity contribution in [2.24, 2.45) is 0 Å². The highest BCUT2D eigenvalue weighted by Crippen LogP contribution is 2.27. The molecule has 15 heavy (non-hydrogen) atoms. The molecule has 1 aromatic rings. The van der Waals surface area contributed by atoms with E-state index in [0.29, 0.717) is 6.04 Å². The summed E-state index contributed by atoms with van der Waals surface area (Å²) in [5, 5.41) is 0. The van der Waals surface area contributed by atoms with Crippen LogP contribution < -0.4 is 0 Å². The van der Waals surface area contributed by atoms with Crippen LogP contribution in [0.2, 0.25) is 0 Å². The third-order valence-corrected chi connectivity index (χ3v) is 3.66. The molecule has 1 fully saturated rings. The Labute approximate surface area is 104 Å². The number of nitrogens with zero attached hydrogens (tertiary/aromatic N) is 1. The molecule has 2 nitrogen and oxygen atoms in total. The number of rotatable bonds is 2. The molecule has 0 atom stereocenters. The molecule has 1 saturated carbocycles. The Morgan fingerprint density at radius 3 is 2.67 bits per heavy atom. The number of hydrogen-bond acceptors (Lipinski definition) is 1. The highest BCUT2D eigenvalue weighted by molar-refractivity contribution is 14.1. The SMILES string of the molecule is Cc1ccc(C(=O)N(C)C2CC2)c(I)c1. The third-order valence-electron chi connectivity index (χ3n) is 2.77. The molecule has 3 heteroatoms. The summed E-state index contributed by atoms with van der Waals surface area (Å²) in [7, 11) is 1.90. The van der Waals surface area contributed by atoms with E-state index in [2.05, 4.69) is 28.7 Å². The molecule has 1 aliphatic rings. The van der Waals surface area contributed by atoms with Crippen molar-refractivity contribution in [3.05, 3.63) is 32.9 Å². The van der Waals surface area contributed by atoms with Gasteiger partial charge in [0.25, 0.3) is 5.91 Å². The topological polar surface area (TPSA) is 20.3 Å². The van der Waals surface area contributed by atoms with Gasteiger partial charge in [-0.15, -0.1) is 0 Å². The first-order valence-corrected chi connectivity index (χ1v) is 6.21. The number of carbonyl (C=O) groups is 1. The van der Waals surface area contributed by atoms with Crippen LogP contribution in [0.1, 0.15) is 28.8 Å². The van der Waals surface area contributed by atoms with Crippen molar-refractivity contribution in [3.63, 3.8) is 0 Å². The second-order valence-electron chi connectivity index (χ2n) is 4.13. The minimum Gasteiger partial charge on any atom is -0.339 e. The average molecular weight is 315 g/mol. The van der Waals surface area contributed by atoms with E-state index >= 15 is 0 Å². The summed E-state index contributed by atoms with van der Waals surface area (Å²) in [6.07, 6.45) is 2.31. The highest BCUT2D eigenvalue weighted by Gasteiger charge is 2.30. The standard InChI is InChI=1S/C12H14INO/c1-8-3-6-10(11(13)7-8)12(15)14(2)9-4-5-9/h3,6-7,9H,4-5H2,1-2H3. The first-order chi connectivity index (χ1) is 7.09. The van der Waals surface area contributed by atoms with Crippen molar-refractivity contribution in [3.8, 4) is 0 Å². The van der Waals surface area contributed by atoms with Gasteiger partial charge in [0.1, 0.15) is 0 Å². The first kappa shape index (κ1) is 10.9. The first-order valence-electron chi connectivity index (χ1n) is 5.13. The summed E-state index contributed by atoms with van der Waals surface area (Å²) in [6, 6.07) is 6.46. The van der Waals surface area contributed by atoms with E-state index in [-0.39, 0.29) is 5.91 Å². The maximum absolute atomic E-state index is 12.1. The molecule has 0 aliphatic heterocycles. The molecule has 1 aliphatic carbocycles. The van der Waals surface area contributed by atoms with Crippen LogP contribution in [0.5, 0.6) is 0 Å². The van der Waals surface area contributed by atoms with E-state index in [4.69, 9.17) is 0 Å². The van der Waals surface area contributed by atoms with Crippen molar-refractivity contribution in [2.45, 2.75) is 25.8 Å². The number of aryl methyl sites for hydroxylation is 1. The maximum atomic E-state index is 12.1. The lowest BCUT2D eigenvalue weighted by atomic mass is 10.1. The van der Waals surface area contributed by atoms with Gasteiger partial charge in [-0.2, -0.15) is 0 Å². The van der Waals surface area contributed by atoms with Crippen LogP contribution in [0, 0.1) is 10.5 Å². The van der Waals surface area contributed by atoms with Gasteiger partial charge >= 0.3 is 0 Å². The summed E-state index contributed by atoms with van der Waals surface area (Å²) in [4.78, 5) is 13.9. The fourth-order valence-corrected chi connectivity index (χ4v) is 2.51. The second-order valence-corrected chi connectivity index (χ2v) is 5.29. The van der Waals surface area contributed by atoms with E-state index in [1.54, 1.807) is 0 Å². The van der Waals surface area contributed by atoms with Gasteiger partial charge in [0.15, 0.2) is 0 Å². The van der Waals surface area contributed by atoms with E-state index in [9.17, 15) is 4.79 Å². The molecule has 0 heterocycles. The molecular weight excluding hydrogens is 301 g/mol. The lowest BCUT2D eigenvalue weighted by molar-refractivity contribution is 0.0784. The zero-order valence-electron chi connectivity index (χ0n) is 8.96. The van der Waals surface area contributed by atoms with Crippen molar-refractivity contribution >= 4 is 28.5 Å². The molecule has 0 radical (unpaired) electrons. The minimum atomic E-state index is 0.155. The Bertz CT molecular complexity index is 399. The summed E-state index contributed by atoms with van der Waals surface area (Å²) < 4.78 is 1.05. The van der Waals surface area contributed by atoms with Crippen LogP contribution in [0.4, 0.5) is 0 Å². The van der Waals surface area contributed by atoms with E-state index < -0.39 is 0 Å². The van der Waals surface area contributed by atoms with Gasteiger partial charge in [0.05, 0.1) is 5.56 Å². The van der Waals surface area contributed by atoms with Crippen molar-refractivity contribution < 1.29 is 4.79 Å². The predicted octanol–water partition coefficient (Wildman–Crippen LogP) is 2.83. The Morgan fingerprint density at radius 2 is 2.13 bits per heavy atom. The Morgan fingerprint density at radius 1 is 1.47 bits per heavy atom. The lowest BCUT2D eigenvalue weighted by Gasteiger charge is -2.17. The summed E-state index contributed by atoms with van der Waals surface area (Å²) in [5.41, 5.74) is 2.03. The number of halogens is 1. The fourth-order valence-electron chi connectivity index (χ4n) is 1.61. The van der Waals surface area contributed by atoms with Gasteiger partial charge in [0.2, 0.25) is 0 Å². The van der Waals surface area contributed by atoms with Crippen LogP contribution in [0.3, 0.4) is 0 Å². The molecule has 1 amide bonds. The number of benzene rings is 1. The van der Waals surface area contributed by atoms with Gasteiger partial charge in [-0.05, 0) is 54.5 Å². The molecule has 0 N–H and O–H groups in total. The van der Waals surface area contributed by atoms with Gasteiger partial charge in [-0.3, -0.25) is 4.79 Å².